The van der Waals surface area contributed by atoms with Crippen LogP contribution in [0.15, 0.2) is 24.3 Å². The van der Waals surface area contributed by atoms with Crippen molar-refractivity contribution in [1.82, 2.24) is 4.90 Å². The highest BCUT2D eigenvalue weighted by atomic mass is 15.2. The molecule has 1 saturated carbocycles. The highest BCUT2D eigenvalue weighted by Crippen LogP contribution is 2.58. The first-order valence-corrected chi connectivity index (χ1v) is 6.90. The lowest BCUT2D eigenvalue weighted by atomic mass is 9.94. The molecule has 3 rings (SSSR count). The number of likely N-dealkylation sites (tertiary alicyclic amines) is 1. The van der Waals surface area contributed by atoms with Crippen molar-refractivity contribution in [3.63, 3.8) is 0 Å². The summed E-state index contributed by atoms with van der Waals surface area (Å²) in [6.07, 6.45) is 1.42. The molecule has 1 aliphatic carbocycles. The summed E-state index contributed by atoms with van der Waals surface area (Å²) in [4.78, 5) is 2.67. The minimum atomic E-state index is 0.530. The van der Waals surface area contributed by atoms with Crippen LogP contribution in [0.1, 0.15) is 31.4 Å². The van der Waals surface area contributed by atoms with Gasteiger partial charge in [-0.3, -0.25) is 0 Å². The summed E-state index contributed by atoms with van der Waals surface area (Å²) < 4.78 is 0. The van der Waals surface area contributed by atoms with E-state index in [9.17, 15) is 0 Å². The van der Waals surface area contributed by atoms with Crippen molar-refractivity contribution < 1.29 is 0 Å². The minimum Gasteiger partial charge on any atom is -0.302 e. The number of benzene rings is 1. The second-order valence-electron chi connectivity index (χ2n) is 6.51. The Labute approximate surface area is 105 Å². The monoisotopic (exact) mass is 229 g/mol. The van der Waals surface area contributed by atoms with Gasteiger partial charge in [-0.15, -0.1) is 0 Å². The number of hydrogen-bond donors (Lipinski definition) is 0. The SMILES string of the molecule is Cc1ccc(C23CC2CN(CC(C)C)C3)cc1. The molecule has 92 valence electrons. The van der Waals surface area contributed by atoms with E-state index in [2.05, 4.69) is 49.9 Å². The van der Waals surface area contributed by atoms with Crippen molar-refractivity contribution in [3.8, 4) is 0 Å². The zero-order chi connectivity index (χ0) is 12.0. The smallest absolute Gasteiger partial charge is 0.0124 e. The number of hydrogen-bond acceptors (Lipinski definition) is 1. The normalized spacial score (nSPS) is 31.9. The average Bonchev–Trinajstić information content (AvgIpc) is 2.82. The molecule has 0 N–H and O–H groups in total. The summed E-state index contributed by atoms with van der Waals surface area (Å²) >= 11 is 0. The van der Waals surface area contributed by atoms with Gasteiger partial charge in [0.2, 0.25) is 0 Å². The predicted molar refractivity (Wildman–Crippen MR) is 72.2 cm³/mol. The summed E-state index contributed by atoms with van der Waals surface area (Å²) in [5.41, 5.74) is 3.49. The Morgan fingerprint density at radius 2 is 2.00 bits per heavy atom. The average molecular weight is 229 g/mol. The molecule has 1 nitrogen and oxygen atoms in total. The van der Waals surface area contributed by atoms with Crippen molar-refractivity contribution in [1.29, 1.82) is 0 Å². The Morgan fingerprint density at radius 3 is 2.65 bits per heavy atom. The van der Waals surface area contributed by atoms with Gasteiger partial charge < -0.3 is 4.90 Å². The van der Waals surface area contributed by atoms with Gasteiger partial charge >= 0.3 is 0 Å². The van der Waals surface area contributed by atoms with E-state index in [-0.39, 0.29) is 0 Å². The quantitative estimate of drug-likeness (QED) is 0.769. The predicted octanol–water partition coefficient (Wildman–Crippen LogP) is 3.22. The van der Waals surface area contributed by atoms with Crippen LogP contribution in [0.25, 0.3) is 0 Å². The number of aryl methyl sites for hydroxylation is 1. The van der Waals surface area contributed by atoms with Gasteiger partial charge in [0.1, 0.15) is 0 Å². The maximum atomic E-state index is 2.67. The van der Waals surface area contributed by atoms with Crippen molar-refractivity contribution in [3.05, 3.63) is 35.4 Å². The molecule has 0 bridgehead atoms. The van der Waals surface area contributed by atoms with Gasteiger partial charge in [0, 0.05) is 25.0 Å². The molecule has 0 radical (unpaired) electrons. The fraction of sp³-hybridized carbons (Fsp3) is 0.625. The first-order valence-electron chi connectivity index (χ1n) is 6.90. The van der Waals surface area contributed by atoms with Crippen LogP contribution in [0.5, 0.6) is 0 Å². The molecule has 17 heavy (non-hydrogen) atoms. The third-order valence-corrected chi connectivity index (χ3v) is 4.47. The number of fused-ring (bicyclic) bond motifs is 1. The first-order chi connectivity index (χ1) is 8.10. The standard InChI is InChI=1S/C16H23N/c1-12(2)9-17-10-15-8-16(15,11-17)14-6-4-13(3)5-7-14/h4-7,12,15H,8-11H2,1-3H3. The molecule has 2 fully saturated rings. The van der Waals surface area contributed by atoms with E-state index >= 15 is 0 Å². The highest BCUT2D eigenvalue weighted by molar-refractivity contribution is 5.38. The fourth-order valence-corrected chi connectivity index (χ4v) is 3.57. The van der Waals surface area contributed by atoms with E-state index in [1.54, 1.807) is 5.56 Å². The van der Waals surface area contributed by atoms with E-state index < -0.39 is 0 Å². The van der Waals surface area contributed by atoms with E-state index in [1.165, 1.54) is 31.6 Å². The molecule has 1 aliphatic heterocycles. The molecule has 1 saturated heterocycles. The molecule has 0 spiro atoms. The van der Waals surface area contributed by atoms with Gasteiger partial charge in [-0.2, -0.15) is 0 Å². The Bertz CT molecular complexity index is 406. The van der Waals surface area contributed by atoms with Crippen molar-refractivity contribution in [2.24, 2.45) is 11.8 Å². The number of nitrogens with zero attached hydrogens (tertiary/aromatic N) is 1. The van der Waals surface area contributed by atoms with Gasteiger partial charge in [0.25, 0.3) is 0 Å². The van der Waals surface area contributed by atoms with Gasteiger partial charge in [0.05, 0.1) is 0 Å². The molecule has 1 heterocycles. The maximum Gasteiger partial charge on any atom is 0.0124 e. The van der Waals surface area contributed by atoms with Crippen LogP contribution < -0.4 is 0 Å². The van der Waals surface area contributed by atoms with Gasteiger partial charge in [-0.1, -0.05) is 43.7 Å². The van der Waals surface area contributed by atoms with Crippen LogP contribution >= 0.6 is 0 Å². The van der Waals surface area contributed by atoms with Crippen LogP contribution in [-0.2, 0) is 5.41 Å². The highest BCUT2D eigenvalue weighted by Gasteiger charge is 2.60. The van der Waals surface area contributed by atoms with Crippen molar-refractivity contribution >= 4 is 0 Å². The molecule has 2 atom stereocenters. The third-order valence-electron chi connectivity index (χ3n) is 4.47. The Kier molecular flexibility index (Phi) is 2.55. The van der Waals surface area contributed by atoms with Crippen molar-refractivity contribution in [2.75, 3.05) is 19.6 Å². The molecule has 2 aliphatic rings. The maximum absolute atomic E-state index is 2.67. The number of piperidine rings is 1. The third kappa shape index (κ3) is 1.91. The van der Waals surface area contributed by atoms with Crippen LogP contribution in [0, 0.1) is 18.8 Å². The Morgan fingerprint density at radius 1 is 1.29 bits per heavy atom. The topological polar surface area (TPSA) is 3.24 Å². The first kappa shape index (κ1) is 11.3. The molecule has 0 aromatic heterocycles. The van der Waals surface area contributed by atoms with Gasteiger partial charge in [-0.05, 0) is 30.7 Å². The molecular formula is C16H23N. The number of rotatable bonds is 3. The van der Waals surface area contributed by atoms with Crippen LogP contribution in [-0.4, -0.2) is 24.5 Å². The van der Waals surface area contributed by atoms with E-state index in [0.29, 0.717) is 5.41 Å². The lowest BCUT2D eigenvalue weighted by molar-refractivity contribution is 0.265. The second kappa shape index (κ2) is 3.84. The van der Waals surface area contributed by atoms with E-state index in [0.717, 1.165) is 11.8 Å². The lowest BCUT2D eigenvalue weighted by Crippen LogP contribution is -2.29. The van der Waals surface area contributed by atoms with E-state index in [4.69, 9.17) is 0 Å². The van der Waals surface area contributed by atoms with Gasteiger partial charge in [-0.25, -0.2) is 0 Å². The molecule has 0 amide bonds. The second-order valence-corrected chi connectivity index (χ2v) is 6.51. The van der Waals surface area contributed by atoms with Crippen LogP contribution in [0.2, 0.25) is 0 Å². The molecular weight excluding hydrogens is 206 g/mol. The Balaban J connectivity index is 1.75. The zero-order valence-electron chi connectivity index (χ0n) is 11.2. The molecule has 1 aromatic carbocycles. The Hall–Kier alpha value is -0.820. The summed E-state index contributed by atoms with van der Waals surface area (Å²) in [5, 5.41) is 0. The lowest BCUT2D eigenvalue weighted by Gasteiger charge is -2.22. The van der Waals surface area contributed by atoms with E-state index in [1.807, 2.05) is 0 Å². The van der Waals surface area contributed by atoms with Crippen LogP contribution in [0.3, 0.4) is 0 Å². The fourth-order valence-electron chi connectivity index (χ4n) is 3.57. The summed E-state index contributed by atoms with van der Waals surface area (Å²) in [6, 6.07) is 9.25. The molecule has 1 aromatic rings. The summed E-state index contributed by atoms with van der Waals surface area (Å²) in [5.74, 6) is 1.73. The van der Waals surface area contributed by atoms with Crippen molar-refractivity contribution in [2.45, 2.75) is 32.6 Å². The minimum absolute atomic E-state index is 0.530. The van der Waals surface area contributed by atoms with Gasteiger partial charge in [0.15, 0.2) is 0 Å². The zero-order valence-corrected chi connectivity index (χ0v) is 11.2. The van der Waals surface area contributed by atoms with Crippen LogP contribution in [0.4, 0.5) is 0 Å². The summed E-state index contributed by atoms with van der Waals surface area (Å²) in [6.45, 7) is 10.7. The molecule has 1 heteroatoms. The summed E-state index contributed by atoms with van der Waals surface area (Å²) in [7, 11) is 0. The molecule has 2 unspecified atom stereocenters. The largest absolute Gasteiger partial charge is 0.302 e.